The molecule has 1 heterocycles. The Morgan fingerprint density at radius 2 is 2.25 bits per heavy atom. The summed E-state index contributed by atoms with van der Waals surface area (Å²) in [4.78, 5) is 8.03. The molecule has 0 aliphatic carbocycles. The lowest BCUT2D eigenvalue weighted by Crippen LogP contribution is -2.38. The summed E-state index contributed by atoms with van der Waals surface area (Å²) in [6, 6.07) is 1.94. The summed E-state index contributed by atoms with van der Waals surface area (Å²) >= 11 is 0. The highest BCUT2D eigenvalue weighted by Crippen LogP contribution is 2.08. The molecule has 0 spiro atoms. The number of aromatic nitrogens is 2. The van der Waals surface area contributed by atoms with Crippen LogP contribution in [0, 0.1) is 0 Å². The van der Waals surface area contributed by atoms with E-state index in [1.807, 2.05) is 13.1 Å². The molecule has 1 N–H and O–H groups in total. The van der Waals surface area contributed by atoms with Gasteiger partial charge in [-0.3, -0.25) is 0 Å². The van der Waals surface area contributed by atoms with Crippen molar-refractivity contribution in [1.82, 2.24) is 15.3 Å². The van der Waals surface area contributed by atoms with Gasteiger partial charge in [-0.2, -0.15) is 0 Å². The normalized spacial score (nSPS) is 11.6. The van der Waals surface area contributed by atoms with Gasteiger partial charge in [-0.05, 0) is 27.0 Å². The van der Waals surface area contributed by atoms with Crippen LogP contribution < -0.4 is 5.32 Å². The lowest BCUT2D eigenvalue weighted by Gasteiger charge is -2.23. The monoisotopic (exact) mass is 165 g/mol. The molecule has 0 radical (unpaired) electrons. The van der Waals surface area contributed by atoms with Gasteiger partial charge in [-0.15, -0.1) is 0 Å². The zero-order chi connectivity index (χ0) is 9.03. The Kier molecular flexibility index (Phi) is 2.76. The number of hydrogen-bond acceptors (Lipinski definition) is 3. The first-order valence-corrected chi connectivity index (χ1v) is 4.08. The van der Waals surface area contributed by atoms with Gasteiger partial charge in [0, 0.05) is 23.9 Å². The van der Waals surface area contributed by atoms with Crippen molar-refractivity contribution in [2.24, 2.45) is 0 Å². The second kappa shape index (κ2) is 3.63. The van der Waals surface area contributed by atoms with Crippen molar-refractivity contribution in [3.8, 4) is 0 Å². The number of hydrogen-bond donors (Lipinski definition) is 1. The molecule has 3 nitrogen and oxygen atoms in total. The molecule has 0 aliphatic heterocycles. The summed E-state index contributed by atoms with van der Waals surface area (Å²) in [5.41, 5.74) is 1.18. The molecule has 1 aromatic rings. The van der Waals surface area contributed by atoms with E-state index in [2.05, 4.69) is 29.1 Å². The van der Waals surface area contributed by atoms with E-state index in [-0.39, 0.29) is 5.54 Å². The summed E-state index contributed by atoms with van der Waals surface area (Å²) in [6.45, 7) is 4.30. The Morgan fingerprint density at radius 1 is 1.50 bits per heavy atom. The van der Waals surface area contributed by atoms with E-state index >= 15 is 0 Å². The minimum atomic E-state index is 0.106. The van der Waals surface area contributed by atoms with Crippen LogP contribution in [0.15, 0.2) is 18.6 Å². The first-order chi connectivity index (χ1) is 5.64. The lowest BCUT2D eigenvalue weighted by molar-refractivity contribution is 0.417. The average molecular weight is 165 g/mol. The first-order valence-electron chi connectivity index (χ1n) is 4.08. The highest BCUT2D eigenvalue weighted by molar-refractivity contribution is 5.02. The highest BCUT2D eigenvalue weighted by Gasteiger charge is 2.15. The first kappa shape index (κ1) is 9.13. The van der Waals surface area contributed by atoms with Crippen LogP contribution in [0.5, 0.6) is 0 Å². The SMILES string of the molecule is CNC(C)(C)Cc1ccncn1. The van der Waals surface area contributed by atoms with Crippen molar-refractivity contribution >= 4 is 0 Å². The summed E-state index contributed by atoms with van der Waals surface area (Å²) in [5.74, 6) is 0. The van der Waals surface area contributed by atoms with Crippen LogP contribution in [0.3, 0.4) is 0 Å². The van der Waals surface area contributed by atoms with E-state index in [1.54, 1.807) is 12.5 Å². The van der Waals surface area contributed by atoms with E-state index in [9.17, 15) is 0 Å². The van der Waals surface area contributed by atoms with Crippen LogP contribution in [0.2, 0.25) is 0 Å². The predicted octanol–water partition coefficient (Wildman–Crippen LogP) is 1.02. The van der Waals surface area contributed by atoms with Gasteiger partial charge >= 0.3 is 0 Å². The minimum Gasteiger partial charge on any atom is -0.314 e. The second-order valence-electron chi connectivity index (χ2n) is 3.51. The number of likely N-dealkylation sites (N-methyl/N-ethyl adjacent to an activating group) is 1. The van der Waals surface area contributed by atoms with Crippen molar-refractivity contribution in [1.29, 1.82) is 0 Å². The molecule has 0 amide bonds. The third-order valence-corrected chi connectivity index (χ3v) is 1.94. The number of nitrogens with one attached hydrogen (secondary N) is 1. The zero-order valence-electron chi connectivity index (χ0n) is 7.83. The topological polar surface area (TPSA) is 37.8 Å². The van der Waals surface area contributed by atoms with E-state index < -0.39 is 0 Å². The molecule has 0 aliphatic rings. The van der Waals surface area contributed by atoms with Crippen molar-refractivity contribution in [3.63, 3.8) is 0 Å². The zero-order valence-corrected chi connectivity index (χ0v) is 7.83. The molecule has 0 saturated carbocycles. The molecule has 0 unspecified atom stereocenters. The summed E-state index contributed by atoms with van der Waals surface area (Å²) < 4.78 is 0. The fraction of sp³-hybridized carbons (Fsp3) is 0.556. The Morgan fingerprint density at radius 3 is 2.75 bits per heavy atom. The lowest BCUT2D eigenvalue weighted by atomic mass is 9.99. The molecular formula is C9H15N3. The van der Waals surface area contributed by atoms with Crippen LogP contribution in [-0.2, 0) is 6.42 Å². The number of rotatable bonds is 3. The van der Waals surface area contributed by atoms with Crippen molar-refractivity contribution in [2.45, 2.75) is 25.8 Å². The largest absolute Gasteiger partial charge is 0.314 e. The maximum atomic E-state index is 4.16. The van der Waals surface area contributed by atoms with Gasteiger partial charge in [0.2, 0.25) is 0 Å². The predicted molar refractivity (Wildman–Crippen MR) is 48.9 cm³/mol. The summed E-state index contributed by atoms with van der Waals surface area (Å²) in [6.07, 6.45) is 4.28. The molecule has 3 heteroatoms. The molecule has 66 valence electrons. The standard InChI is InChI=1S/C9H15N3/c1-9(2,10-3)6-8-4-5-11-7-12-8/h4-5,7,10H,6H2,1-3H3. The third-order valence-electron chi connectivity index (χ3n) is 1.94. The van der Waals surface area contributed by atoms with Crippen molar-refractivity contribution in [3.05, 3.63) is 24.3 Å². The molecule has 1 rings (SSSR count). The maximum Gasteiger partial charge on any atom is 0.115 e. The molecule has 1 aromatic heterocycles. The smallest absolute Gasteiger partial charge is 0.115 e. The van der Waals surface area contributed by atoms with Crippen molar-refractivity contribution < 1.29 is 0 Å². The molecule has 0 saturated heterocycles. The van der Waals surface area contributed by atoms with Crippen LogP contribution in [0.4, 0.5) is 0 Å². The molecular weight excluding hydrogens is 150 g/mol. The van der Waals surface area contributed by atoms with Crippen molar-refractivity contribution in [2.75, 3.05) is 7.05 Å². The van der Waals surface area contributed by atoms with E-state index in [1.165, 1.54) is 0 Å². The minimum absolute atomic E-state index is 0.106. The Labute approximate surface area is 73.2 Å². The highest BCUT2D eigenvalue weighted by atomic mass is 14.9. The Hall–Kier alpha value is -0.960. The quantitative estimate of drug-likeness (QED) is 0.726. The van der Waals surface area contributed by atoms with Gasteiger partial charge in [-0.25, -0.2) is 9.97 Å². The van der Waals surface area contributed by atoms with Crippen LogP contribution in [0.25, 0.3) is 0 Å². The summed E-state index contributed by atoms with van der Waals surface area (Å²) in [5, 5.41) is 3.23. The van der Waals surface area contributed by atoms with E-state index in [0.717, 1.165) is 12.1 Å². The summed E-state index contributed by atoms with van der Waals surface area (Å²) in [7, 11) is 1.96. The van der Waals surface area contributed by atoms with Gasteiger partial charge in [0.25, 0.3) is 0 Å². The molecule has 12 heavy (non-hydrogen) atoms. The Bertz CT molecular complexity index is 231. The van der Waals surface area contributed by atoms with Gasteiger partial charge in [-0.1, -0.05) is 0 Å². The second-order valence-corrected chi connectivity index (χ2v) is 3.51. The maximum absolute atomic E-state index is 4.16. The Balaban J connectivity index is 2.64. The van der Waals surface area contributed by atoms with Crippen LogP contribution in [0.1, 0.15) is 19.5 Å². The molecule has 0 aromatic carbocycles. The average Bonchev–Trinajstić information content (AvgIpc) is 2.06. The van der Waals surface area contributed by atoms with Gasteiger partial charge in [0.15, 0.2) is 0 Å². The molecule has 0 bridgehead atoms. The fourth-order valence-electron chi connectivity index (χ4n) is 0.964. The van der Waals surface area contributed by atoms with Gasteiger partial charge in [0.1, 0.15) is 6.33 Å². The van der Waals surface area contributed by atoms with Gasteiger partial charge < -0.3 is 5.32 Å². The van der Waals surface area contributed by atoms with Crippen LogP contribution in [-0.4, -0.2) is 22.6 Å². The molecule has 0 fully saturated rings. The molecule has 0 atom stereocenters. The van der Waals surface area contributed by atoms with Crippen LogP contribution >= 0.6 is 0 Å². The number of nitrogens with zero attached hydrogens (tertiary/aromatic N) is 2. The third kappa shape index (κ3) is 2.58. The van der Waals surface area contributed by atoms with E-state index in [4.69, 9.17) is 0 Å². The van der Waals surface area contributed by atoms with Gasteiger partial charge in [0.05, 0.1) is 0 Å². The fourth-order valence-corrected chi connectivity index (χ4v) is 0.964. The van der Waals surface area contributed by atoms with E-state index in [0.29, 0.717) is 0 Å².